The third-order valence-corrected chi connectivity index (χ3v) is 8.11. The Bertz CT molecular complexity index is 1020. The summed E-state index contributed by atoms with van der Waals surface area (Å²) >= 11 is 0. The number of carbonyl (C=O) groups is 3. The highest BCUT2D eigenvalue weighted by molar-refractivity contribution is 6.41. The van der Waals surface area contributed by atoms with Crippen LogP contribution < -0.4 is 4.48 Å². The average Bonchev–Trinajstić information content (AvgIpc) is 3.29. The fourth-order valence-electron chi connectivity index (χ4n) is 5.49. The van der Waals surface area contributed by atoms with Gasteiger partial charge in [0, 0.05) is 17.8 Å². The molecule has 1 aliphatic rings. The van der Waals surface area contributed by atoms with E-state index in [4.69, 9.17) is 0 Å². The molecule has 2 aromatic carbocycles. The van der Waals surface area contributed by atoms with Crippen molar-refractivity contribution in [2.45, 2.75) is 84.6 Å². The number of carboxylic acid groups (broad SMARTS) is 1. The molecule has 2 unspecified atom stereocenters. The number of nitrogens with zero attached hydrogens (tertiary/aromatic N) is 1. The van der Waals surface area contributed by atoms with E-state index in [1.54, 1.807) is 26.0 Å². The zero-order valence-corrected chi connectivity index (χ0v) is 22.1. The van der Waals surface area contributed by atoms with Crippen molar-refractivity contribution in [2.24, 2.45) is 11.3 Å². The van der Waals surface area contributed by atoms with Crippen LogP contribution in [0, 0.1) is 11.3 Å². The second-order valence-electron chi connectivity index (χ2n) is 11.0. The number of hydrogen-bond acceptors (Lipinski definition) is 3. The molecular weight excluding hydrogens is 450 g/mol. The lowest BCUT2D eigenvalue weighted by molar-refractivity contribution is -0.154. The zero-order valence-electron chi connectivity index (χ0n) is 22.1. The van der Waals surface area contributed by atoms with E-state index >= 15 is 0 Å². The SMILES string of the molecule is CCC(C)(C)C(=O)C(=O)[N+]1(c2ccccc2)CC(CCCCCCCc2ccccc2)C[C@H]1C(=O)O. The molecule has 0 radical (unpaired) electrons. The number of benzene rings is 2. The molecule has 0 aliphatic carbocycles. The molecule has 3 rings (SSSR count). The number of amides is 1. The molecule has 2 aromatic rings. The first-order valence-electron chi connectivity index (χ1n) is 13.5. The van der Waals surface area contributed by atoms with E-state index in [0.717, 1.165) is 32.1 Å². The number of ketones is 1. The summed E-state index contributed by atoms with van der Waals surface area (Å²) in [4.78, 5) is 39.7. The first-order valence-corrected chi connectivity index (χ1v) is 13.5. The molecule has 1 saturated heterocycles. The second-order valence-corrected chi connectivity index (χ2v) is 11.0. The van der Waals surface area contributed by atoms with Crippen LogP contribution in [0.5, 0.6) is 0 Å². The van der Waals surface area contributed by atoms with Crippen LogP contribution in [0.4, 0.5) is 5.69 Å². The van der Waals surface area contributed by atoms with Crippen LogP contribution in [-0.2, 0) is 20.8 Å². The normalized spacial score (nSPS) is 21.9. The molecule has 1 heterocycles. The predicted molar refractivity (Wildman–Crippen MR) is 145 cm³/mol. The van der Waals surface area contributed by atoms with Gasteiger partial charge in [0.15, 0.2) is 6.04 Å². The maximum absolute atomic E-state index is 13.9. The molecule has 0 aromatic heterocycles. The molecule has 0 saturated carbocycles. The van der Waals surface area contributed by atoms with Crippen molar-refractivity contribution in [2.75, 3.05) is 6.54 Å². The summed E-state index contributed by atoms with van der Waals surface area (Å²) in [7, 11) is 0. The van der Waals surface area contributed by atoms with Crippen LogP contribution in [-0.4, -0.2) is 35.4 Å². The summed E-state index contributed by atoms with van der Waals surface area (Å²) in [6, 6.07) is 18.7. The molecule has 194 valence electrons. The number of rotatable bonds is 13. The number of aliphatic carboxylic acids is 1. The Balaban J connectivity index is 1.66. The number of likely N-dealkylation sites (tertiary alicyclic amines) is 1. The molecule has 3 atom stereocenters. The number of carbonyl (C=O) groups excluding carboxylic acids is 2. The Morgan fingerprint density at radius 3 is 2.08 bits per heavy atom. The monoisotopic (exact) mass is 492 g/mol. The lowest BCUT2D eigenvalue weighted by Crippen LogP contribution is -2.64. The molecule has 1 amide bonds. The largest absolute Gasteiger partial charge is 0.477 e. The molecule has 36 heavy (non-hydrogen) atoms. The van der Waals surface area contributed by atoms with Gasteiger partial charge in [-0.05, 0) is 43.4 Å². The van der Waals surface area contributed by atoms with E-state index in [-0.39, 0.29) is 10.4 Å². The van der Waals surface area contributed by atoms with E-state index in [2.05, 4.69) is 24.3 Å². The number of hydrogen-bond donors (Lipinski definition) is 1. The number of para-hydroxylation sites is 1. The van der Waals surface area contributed by atoms with Crippen LogP contribution in [0.3, 0.4) is 0 Å². The van der Waals surface area contributed by atoms with Crippen LogP contribution in [0.2, 0.25) is 0 Å². The minimum atomic E-state index is -1.00. The summed E-state index contributed by atoms with van der Waals surface area (Å²) in [6.45, 7) is 5.81. The summed E-state index contributed by atoms with van der Waals surface area (Å²) in [6.07, 6.45) is 8.56. The quantitative estimate of drug-likeness (QED) is 0.195. The van der Waals surface area contributed by atoms with E-state index < -0.39 is 29.1 Å². The van der Waals surface area contributed by atoms with Gasteiger partial charge in [-0.3, -0.25) is 4.79 Å². The molecule has 1 fully saturated rings. The fourth-order valence-corrected chi connectivity index (χ4v) is 5.49. The van der Waals surface area contributed by atoms with E-state index in [1.165, 1.54) is 18.4 Å². The van der Waals surface area contributed by atoms with Gasteiger partial charge < -0.3 is 5.11 Å². The number of quaternary nitrogens is 1. The molecule has 1 N–H and O–H groups in total. The van der Waals surface area contributed by atoms with E-state index in [9.17, 15) is 19.5 Å². The van der Waals surface area contributed by atoms with E-state index in [1.807, 2.05) is 31.2 Å². The maximum atomic E-state index is 13.9. The van der Waals surface area contributed by atoms with E-state index in [0.29, 0.717) is 25.1 Å². The summed E-state index contributed by atoms with van der Waals surface area (Å²) < 4.78 is -0.389. The lowest BCUT2D eigenvalue weighted by Gasteiger charge is -2.36. The Kier molecular flexibility index (Phi) is 9.61. The van der Waals surface area contributed by atoms with Gasteiger partial charge in [-0.2, -0.15) is 0 Å². The van der Waals surface area contributed by atoms with Gasteiger partial charge in [0.1, 0.15) is 5.69 Å². The molecule has 0 spiro atoms. The summed E-state index contributed by atoms with van der Waals surface area (Å²) in [5.74, 6) is -1.96. The highest BCUT2D eigenvalue weighted by Crippen LogP contribution is 2.41. The molecular formula is C31H42NO4+. The number of unbranched alkanes of at least 4 members (excludes halogenated alkanes) is 4. The zero-order chi connectivity index (χ0) is 26.2. The van der Waals surface area contributed by atoms with Gasteiger partial charge >= 0.3 is 11.9 Å². The van der Waals surface area contributed by atoms with Crippen LogP contribution in [0.1, 0.15) is 77.7 Å². The Hall–Kier alpha value is -2.79. The average molecular weight is 493 g/mol. The van der Waals surface area contributed by atoms with Crippen molar-refractivity contribution in [1.29, 1.82) is 0 Å². The molecule has 5 nitrogen and oxygen atoms in total. The van der Waals surface area contributed by atoms with Gasteiger partial charge in [-0.25, -0.2) is 14.1 Å². The van der Waals surface area contributed by atoms with Gasteiger partial charge in [0.05, 0.1) is 6.54 Å². The lowest BCUT2D eigenvalue weighted by atomic mass is 9.84. The fraction of sp³-hybridized carbons (Fsp3) is 0.516. The van der Waals surface area contributed by atoms with Crippen molar-refractivity contribution < 1.29 is 19.5 Å². The maximum Gasteiger partial charge on any atom is 0.388 e. The molecule has 0 bridgehead atoms. The standard InChI is InChI=1S/C31H41NO4/c1-4-31(2,3)28(33)29(34)32(26-20-14-9-15-21-26)23-25(22-27(32)30(35)36)19-11-7-5-6-10-16-24-17-12-8-13-18-24/h8-9,12-15,17-18,20-21,25,27H,4-7,10-11,16,19,22-23H2,1-3H3/p+1/t25?,27-,32?/m0/s1. The van der Waals surface area contributed by atoms with Crippen LogP contribution in [0.25, 0.3) is 0 Å². The van der Waals surface area contributed by atoms with Crippen molar-refractivity contribution in [1.82, 2.24) is 4.48 Å². The predicted octanol–water partition coefficient (Wildman–Crippen LogP) is 6.58. The summed E-state index contributed by atoms with van der Waals surface area (Å²) in [5.41, 5.74) is 1.17. The minimum Gasteiger partial charge on any atom is -0.477 e. The minimum absolute atomic E-state index is 0.0945. The third-order valence-electron chi connectivity index (χ3n) is 8.11. The molecule has 1 aliphatic heterocycles. The number of carboxylic acids is 1. The topological polar surface area (TPSA) is 71.4 Å². The third kappa shape index (κ3) is 6.31. The van der Waals surface area contributed by atoms with Gasteiger partial charge in [0.2, 0.25) is 0 Å². The summed E-state index contributed by atoms with van der Waals surface area (Å²) in [5, 5.41) is 10.2. The Morgan fingerprint density at radius 2 is 1.47 bits per heavy atom. The number of Topliss-reactive ketones (excluding diaryl/α,β-unsaturated/α-hetero) is 1. The highest BCUT2D eigenvalue weighted by Gasteiger charge is 2.60. The number of aryl methyl sites for hydroxylation is 1. The van der Waals surface area contributed by atoms with Crippen LogP contribution >= 0.6 is 0 Å². The first kappa shape index (κ1) is 27.8. The van der Waals surface area contributed by atoms with Gasteiger partial charge in [-0.15, -0.1) is 0 Å². The first-order chi connectivity index (χ1) is 17.2. The van der Waals surface area contributed by atoms with Crippen LogP contribution in [0.15, 0.2) is 60.7 Å². The van der Waals surface area contributed by atoms with Gasteiger partial charge in [-0.1, -0.05) is 95.0 Å². The smallest absolute Gasteiger partial charge is 0.388 e. The van der Waals surface area contributed by atoms with Gasteiger partial charge in [0.25, 0.3) is 5.78 Å². The van der Waals surface area contributed by atoms with Crippen molar-refractivity contribution in [3.63, 3.8) is 0 Å². The second kappa shape index (κ2) is 12.4. The van der Waals surface area contributed by atoms with Crippen molar-refractivity contribution >= 4 is 23.3 Å². The Labute approximate surface area is 216 Å². The van der Waals surface area contributed by atoms with Crippen molar-refractivity contribution in [3.8, 4) is 0 Å². The highest BCUT2D eigenvalue weighted by atomic mass is 16.4. The molecule has 5 heteroatoms. The van der Waals surface area contributed by atoms with Crippen molar-refractivity contribution in [3.05, 3.63) is 66.2 Å². The Morgan fingerprint density at radius 1 is 0.889 bits per heavy atom.